The highest BCUT2D eigenvalue weighted by molar-refractivity contribution is 6.78. The monoisotopic (exact) mass is 290 g/mol. The summed E-state index contributed by atoms with van der Waals surface area (Å²) in [6.07, 6.45) is 1.93. The molecule has 0 N–H and O–H groups in total. The third kappa shape index (κ3) is 6.39. The Morgan fingerprint density at radius 2 is 1.32 bits per heavy atom. The Morgan fingerprint density at radius 3 is 1.63 bits per heavy atom. The summed E-state index contributed by atoms with van der Waals surface area (Å²) in [7, 11) is -2.05. The minimum Gasteiger partial charge on any atom is -0.0985 e. The van der Waals surface area contributed by atoms with Gasteiger partial charge in [-0.2, -0.15) is 0 Å². The van der Waals surface area contributed by atoms with Crippen LogP contribution >= 0.6 is 0 Å². The predicted molar refractivity (Wildman–Crippen MR) is 95.6 cm³/mol. The zero-order chi connectivity index (χ0) is 14.7. The van der Waals surface area contributed by atoms with Gasteiger partial charge in [-0.1, -0.05) is 88.3 Å². The van der Waals surface area contributed by atoms with Gasteiger partial charge >= 0.3 is 0 Å². The van der Waals surface area contributed by atoms with Crippen molar-refractivity contribution in [1.82, 2.24) is 0 Å². The number of hydrogen-bond acceptors (Lipinski definition) is 0. The average molecular weight is 291 g/mol. The van der Waals surface area contributed by atoms with Crippen LogP contribution in [0.25, 0.3) is 6.08 Å². The van der Waals surface area contributed by atoms with Crippen molar-refractivity contribution in [3.63, 3.8) is 0 Å². The second kappa shape index (κ2) is 6.23. The van der Waals surface area contributed by atoms with Crippen LogP contribution in [0.15, 0.2) is 30.8 Å². The van der Waals surface area contributed by atoms with E-state index in [2.05, 4.69) is 70.1 Å². The van der Waals surface area contributed by atoms with Crippen molar-refractivity contribution in [3.05, 3.63) is 42.0 Å². The zero-order valence-corrected chi connectivity index (χ0v) is 15.6. The summed E-state index contributed by atoms with van der Waals surface area (Å²) >= 11 is 0. The fourth-order valence-electron chi connectivity index (χ4n) is 2.69. The van der Waals surface area contributed by atoms with Gasteiger partial charge in [0, 0.05) is 16.1 Å². The van der Waals surface area contributed by atoms with Crippen LogP contribution in [0.1, 0.15) is 17.0 Å². The largest absolute Gasteiger partial charge is 0.0985 e. The molecule has 0 atom stereocenters. The maximum Gasteiger partial charge on any atom is 0.0448 e. The Labute approximate surface area is 122 Å². The first kappa shape index (κ1) is 16.4. The third-order valence-electron chi connectivity index (χ3n) is 3.36. The molecule has 0 aliphatic carbocycles. The average Bonchev–Trinajstić information content (AvgIpc) is 2.24. The third-order valence-corrected chi connectivity index (χ3v) is 6.80. The molecule has 0 nitrogen and oxygen atoms in total. The van der Waals surface area contributed by atoms with Crippen LogP contribution < -0.4 is 0 Å². The molecule has 106 valence electrons. The van der Waals surface area contributed by atoms with E-state index >= 15 is 0 Å². The van der Waals surface area contributed by atoms with Crippen LogP contribution in [0.3, 0.4) is 0 Å². The van der Waals surface area contributed by atoms with E-state index in [9.17, 15) is 0 Å². The molecule has 0 saturated carbocycles. The van der Waals surface area contributed by atoms with E-state index in [0.717, 1.165) is 5.92 Å². The lowest BCUT2D eigenvalue weighted by atomic mass is 10.0. The molecule has 0 aromatic heterocycles. The molecule has 1 aromatic carbocycles. The van der Waals surface area contributed by atoms with Gasteiger partial charge in [0.05, 0.1) is 0 Å². The summed E-state index contributed by atoms with van der Waals surface area (Å²) in [5.41, 5.74) is 2.76. The van der Waals surface area contributed by atoms with Crippen molar-refractivity contribution in [2.24, 2.45) is 0 Å². The molecule has 0 radical (unpaired) electrons. The van der Waals surface area contributed by atoms with Gasteiger partial charge in [-0.25, -0.2) is 0 Å². The van der Waals surface area contributed by atoms with Crippen LogP contribution in [0, 0.1) is 0 Å². The molecule has 1 aromatic rings. The molecular formula is C17H30Si2. The number of benzene rings is 1. The highest BCUT2D eigenvalue weighted by atomic mass is 28.3. The Balaban J connectivity index is 2.97. The minimum absolute atomic E-state index is 0.761. The smallest absolute Gasteiger partial charge is 0.0448 e. The first-order chi connectivity index (χ1) is 8.61. The molecule has 19 heavy (non-hydrogen) atoms. The van der Waals surface area contributed by atoms with Crippen molar-refractivity contribution < 1.29 is 0 Å². The standard InChI is InChI=1S/C17H30Si2/c1-8-15-9-11-16(12-10-15)17(13-18(2,3)4)14-19(5,6)7/h8-12,17H,1,13-14H2,2-7H3. The highest BCUT2D eigenvalue weighted by Crippen LogP contribution is 2.34. The molecular weight excluding hydrogens is 260 g/mol. The van der Waals surface area contributed by atoms with Crippen molar-refractivity contribution in [2.75, 3.05) is 0 Å². The van der Waals surface area contributed by atoms with E-state index in [1.807, 2.05) is 6.08 Å². The predicted octanol–water partition coefficient (Wildman–Crippen LogP) is 6.09. The van der Waals surface area contributed by atoms with E-state index in [1.165, 1.54) is 23.2 Å². The topological polar surface area (TPSA) is 0 Å². The number of rotatable bonds is 6. The molecule has 0 unspecified atom stereocenters. The molecule has 1 rings (SSSR count). The van der Waals surface area contributed by atoms with Crippen LogP contribution in [0.4, 0.5) is 0 Å². The Kier molecular flexibility index (Phi) is 5.39. The Hall–Kier alpha value is -0.606. The molecule has 0 fully saturated rings. The lowest BCUT2D eigenvalue weighted by Gasteiger charge is -2.30. The normalized spacial score (nSPS) is 12.8. The van der Waals surface area contributed by atoms with Gasteiger partial charge in [0.25, 0.3) is 0 Å². The molecule has 0 saturated heterocycles. The fraction of sp³-hybridized carbons (Fsp3) is 0.529. The molecule has 0 heterocycles. The molecule has 2 heteroatoms. The van der Waals surface area contributed by atoms with Crippen molar-refractivity contribution in [2.45, 2.75) is 57.3 Å². The second-order valence-corrected chi connectivity index (χ2v) is 19.2. The number of hydrogen-bond donors (Lipinski definition) is 0. The lowest BCUT2D eigenvalue weighted by Crippen LogP contribution is -2.28. The van der Waals surface area contributed by atoms with Crippen LogP contribution in [0.5, 0.6) is 0 Å². The van der Waals surface area contributed by atoms with Crippen molar-refractivity contribution >= 4 is 22.2 Å². The first-order valence-electron chi connectivity index (χ1n) is 7.33. The van der Waals surface area contributed by atoms with Gasteiger partial charge in [-0.3, -0.25) is 0 Å². The van der Waals surface area contributed by atoms with E-state index in [1.54, 1.807) is 0 Å². The quantitative estimate of drug-likeness (QED) is 0.556. The summed E-state index contributed by atoms with van der Waals surface area (Å²) < 4.78 is 0. The van der Waals surface area contributed by atoms with Crippen LogP contribution in [-0.2, 0) is 0 Å². The van der Waals surface area contributed by atoms with Crippen molar-refractivity contribution in [3.8, 4) is 0 Å². The highest BCUT2D eigenvalue weighted by Gasteiger charge is 2.26. The zero-order valence-electron chi connectivity index (χ0n) is 13.6. The lowest BCUT2D eigenvalue weighted by molar-refractivity contribution is 0.826. The van der Waals surface area contributed by atoms with Gasteiger partial charge in [0.1, 0.15) is 0 Å². The van der Waals surface area contributed by atoms with Gasteiger partial charge in [0.15, 0.2) is 0 Å². The first-order valence-corrected chi connectivity index (χ1v) is 14.7. The van der Waals surface area contributed by atoms with E-state index < -0.39 is 16.1 Å². The minimum atomic E-state index is -1.02. The van der Waals surface area contributed by atoms with Gasteiger partial charge in [0.2, 0.25) is 0 Å². The molecule has 0 bridgehead atoms. The van der Waals surface area contributed by atoms with E-state index in [-0.39, 0.29) is 0 Å². The van der Waals surface area contributed by atoms with Crippen molar-refractivity contribution in [1.29, 1.82) is 0 Å². The Morgan fingerprint density at radius 1 is 0.895 bits per heavy atom. The van der Waals surface area contributed by atoms with Gasteiger partial charge in [-0.05, 0) is 17.0 Å². The summed E-state index contributed by atoms with van der Waals surface area (Å²) in [6, 6.07) is 11.9. The summed E-state index contributed by atoms with van der Waals surface area (Å²) in [6.45, 7) is 18.8. The van der Waals surface area contributed by atoms with Crippen LogP contribution in [0.2, 0.25) is 51.4 Å². The van der Waals surface area contributed by atoms with E-state index in [0.29, 0.717) is 0 Å². The molecule has 0 aliphatic rings. The summed E-state index contributed by atoms with van der Waals surface area (Å²) in [5, 5.41) is 0. The van der Waals surface area contributed by atoms with Gasteiger partial charge < -0.3 is 0 Å². The van der Waals surface area contributed by atoms with Crippen LogP contribution in [-0.4, -0.2) is 16.1 Å². The molecule has 0 amide bonds. The Bertz CT molecular complexity index is 388. The maximum atomic E-state index is 3.84. The summed E-state index contributed by atoms with van der Waals surface area (Å²) in [4.78, 5) is 0. The maximum absolute atomic E-state index is 3.84. The molecule has 0 aliphatic heterocycles. The summed E-state index contributed by atoms with van der Waals surface area (Å²) in [5.74, 6) is 0.761. The molecule has 0 spiro atoms. The van der Waals surface area contributed by atoms with E-state index in [4.69, 9.17) is 0 Å². The SMILES string of the molecule is C=Cc1ccc(C(C[Si](C)(C)C)C[Si](C)(C)C)cc1. The fourth-order valence-corrected chi connectivity index (χ4v) is 6.70. The van der Waals surface area contributed by atoms with Gasteiger partial charge in [-0.15, -0.1) is 0 Å². The second-order valence-electron chi connectivity index (χ2n) is 8.10.